The molecule has 0 heterocycles. The second-order valence-corrected chi connectivity index (χ2v) is 5.35. The number of thioether (sulfide) groups is 1. The zero-order chi connectivity index (χ0) is 8.27. The molecule has 0 aliphatic heterocycles. The fraction of sp³-hybridized carbons (Fsp3) is 1.00. The van der Waals surface area contributed by atoms with E-state index in [4.69, 9.17) is 5.73 Å². The van der Waals surface area contributed by atoms with Crippen molar-refractivity contribution in [1.29, 1.82) is 0 Å². The summed E-state index contributed by atoms with van der Waals surface area (Å²) in [4.78, 5) is 0. The molecule has 0 saturated heterocycles. The Morgan fingerprint density at radius 3 is 2.45 bits per heavy atom. The Balaban J connectivity index is 2.05. The third-order valence-corrected chi connectivity index (χ3v) is 3.62. The first-order valence-corrected chi connectivity index (χ1v) is 5.62. The van der Waals surface area contributed by atoms with Crippen LogP contribution in [0.2, 0.25) is 0 Å². The summed E-state index contributed by atoms with van der Waals surface area (Å²) in [5.41, 5.74) is 6.01. The standard InChI is InChI=1S/C9H19NS/c1-7(2)11-6-9(10)8-4-3-5-8/h7-9H,3-6,10H2,1-2H3. The summed E-state index contributed by atoms with van der Waals surface area (Å²) < 4.78 is 0. The Labute approximate surface area is 74.1 Å². The van der Waals surface area contributed by atoms with Gasteiger partial charge in [-0.15, -0.1) is 0 Å². The van der Waals surface area contributed by atoms with Crippen LogP contribution in [-0.2, 0) is 0 Å². The van der Waals surface area contributed by atoms with E-state index in [9.17, 15) is 0 Å². The van der Waals surface area contributed by atoms with E-state index in [0.717, 1.165) is 16.9 Å². The fourth-order valence-corrected chi connectivity index (χ4v) is 2.19. The minimum Gasteiger partial charge on any atom is -0.327 e. The van der Waals surface area contributed by atoms with Crippen LogP contribution in [0.1, 0.15) is 33.1 Å². The minimum absolute atomic E-state index is 0.469. The van der Waals surface area contributed by atoms with Gasteiger partial charge < -0.3 is 5.73 Å². The van der Waals surface area contributed by atoms with Crippen LogP contribution in [0.3, 0.4) is 0 Å². The molecule has 1 fully saturated rings. The molecule has 1 aliphatic rings. The van der Waals surface area contributed by atoms with Gasteiger partial charge in [-0.25, -0.2) is 0 Å². The van der Waals surface area contributed by atoms with Crippen LogP contribution < -0.4 is 5.73 Å². The van der Waals surface area contributed by atoms with E-state index in [2.05, 4.69) is 13.8 Å². The Morgan fingerprint density at radius 2 is 2.09 bits per heavy atom. The minimum atomic E-state index is 0.469. The molecule has 2 heteroatoms. The maximum Gasteiger partial charge on any atom is 0.0159 e. The summed E-state index contributed by atoms with van der Waals surface area (Å²) in [5, 5.41) is 0.737. The van der Waals surface area contributed by atoms with Crippen molar-refractivity contribution in [2.75, 3.05) is 5.75 Å². The molecule has 2 N–H and O–H groups in total. The van der Waals surface area contributed by atoms with Gasteiger partial charge in [0.15, 0.2) is 0 Å². The van der Waals surface area contributed by atoms with Gasteiger partial charge in [-0.1, -0.05) is 20.3 Å². The third kappa shape index (κ3) is 3.04. The highest BCUT2D eigenvalue weighted by Gasteiger charge is 2.24. The highest BCUT2D eigenvalue weighted by atomic mass is 32.2. The molecule has 0 radical (unpaired) electrons. The van der Waals surface area contributed by atoms with E-state index in [1.54, 1.807) is 0 Å². The first kappa shape index (κ1) is 9.40. The molecule has 0 spiro atoms. The summed E-state index contributed by atoms with van der Waals surface area (Å²) in [7, 11) is 0. The zero-order valence-electron chi connectivity index (χ0n) is 7.55. The maximum absolute atomic E-state index is 6.01. The van der Waals surface area contributed by atoms with E-state index in [0.29, 0.717) is 6.04 Å². The summed E-state index contributed by atoms with van der Waals surface area (Å²) in [6, 6.07) is 0.469. The number of rotatable bonds is 4. The molecular weight excluding hydrogens is 154 g/mol. The van der Waals surface area contributed by atoms with Crippen molar-refractivity contribution < 1.29 is 0 Å². The lowest BCUT2D eigenvalue weighted by atomic mass is 9.81. The van der Waals surface area contributed by atoms with Crippen LogP contribution in [-0.4, -0.2) is 17.0 Å². The second-order valence-electron chi connectivity index (χ2n) is 3.74. The fourth-order valence-electron chi connectivity index (χ4n) is 1.31. The Kier molecular flexibility index (Phi) is 3.73. The summed E-state index contributed by atoms with van der Waals surface area (Å²) >= 11 is 1.99. The molecule has 11 heavy (non-hydrogen) atoms. The SMILES string of the molecule is CC(C)SCC(N)C1CCC1. The molecule has 0 aromatic heterocycles. The second kappa shape index (κ2) is 4.36. The Bertz CT molecular complexity index is 110. The van der Waals surface area contributed by atoms with Gasteiger partial charge in [-0.2, -0.15) is 11.8 Å². The largest absolute Gasteiger partial charge is 0.327 e. The maximum atomic E-state index is 6.01. The molecule has 1 atom stereocenters. The summed E-state index contributed by atoms with van der Waals surface area (Å²) in [6.45, 7) is 4.47. The van der Waals surface area contributed by atoms with Crippen LogP contribution in [0.25, 0.3) is 0 Å². The Hall–Kier alpha value is 0.310. The van der Waals surface area contributed by atoms with Crippen molar-refractivity contribution in [3.05, 3.63) is 0 Å². The molecule has 0 aromatic carbocycles. The van der Waals surface area contributed by atoms with E-state index < -0.39 is 0 Å². The summed E-state index contributed by atoms with van der Waals surface area (Å²) in [6.07, 6.45) is 4.16. The number of hydrogen-bond acceptors (Lipinski definition) is 2. The average molecular weight is 173 g/mol. The van der Waals surface area contributed by atoms with Crippen LogP contribution in [0, 0.1) is 5.92 Å². The quantitative estimate of drug-likeness (QED) is 0.705. The lowest BCUT2D eigenvalue weighted by Gasteiger charge is -2.31. The van der Waals surface area contributed by atoms with Crippen molar-refractivity contribution in [2.24, 2.45) is 11.7 Å². The van der Waals surface area contributed by atoms with Gasteiger partial charge in [0.05, 0.1) is 0 Å². The molecule has 1 nitrogen and oxygen atoms in total. The van der Waals surface area contributed by atoms with Gasteiger partial charge in [0.1, 0.15) is 0 Å². The monoisotopic (exact) mass is 173 g/mol. The van der Waals surface area contributed by atoms with Crippen LogP contribution in [0.4, 0.5) is 0 Å². The predicted octanol–water partition coefficient (Wildman–Crippen LogP) is 2.26. The molecule has 1 aliphatic carbocycles. The summed E-state index contributed by atoms with van der Waals surface area (Å²) in [5.74, 6) is 2.00. The Morgan fingerprint density at radius 1 is 1.45 bits per heavy atom. The smallest absolute Gasteiger partial charge is 0.0159 e. The van der Waals surface area contributed by atoms with Gasteiger partial charge in [-0.05, 0) is 24.0 Å². The van der Waals surface area contributed by atoms with Gasteiger partial charge in [-0.3, -0.25) is 0 Å². The van der Waals surface area contributed by atoms with Gasteiger partial charge in [0.25, 0.3) is 0 Å². The van der Waals surface area contributed by atoms with Gasteiger partial charge in [0, 0.05) is 11.8 Å². The van der Waals surface area contributed by atoms with Crippen molar-refractivity contribution >= 4 is 11.8 Å². The first-order chi connectivity index (χ1) is 5.20. The molecule has 0 bridgehead atoms. The van der Waals surface area contributed by atoms with Crippen LogP contribution in [0.15, 0.2) is 0 Å². The number of nitrogens with two attached hydrogens (primary N) is 1. The highest BCUT2D eigenvalue weighted by Crippen LogP contribution is 2.30. The predicted molar refractivity (Wildman–Crippen MR) is 52.9 cm³/mol. The molecule has 0 amide bonds. The molecule has 1 saturated carbocycles. The first-order valence-electron chi connectivity index (χ1n) is 4.57. The molecule has 66 valence electrons. The van der Waals surface area contributed by atoms with E-state index >= 15 is 0 Å². The lowest BCUT2D eigenvalue weighted by molar-refractivity contribution is 0.276. The van der Waals surface area contributed by atoms with Gasteiger partial charge >= 0.3 is 0 Å². The van der Waals surface area contributed by atoms with Crippen LogP contribution in [0.5, 0.6) is 0 Å². The van der Waals surface area contributed by atoms with E-state index in [1.165, 1.54) is 19.3 Å². The molecule has 1 rings (SSSR count). The van der Waals surface area contributed by atoms with Crippen LogP contribution >= 0.6 is 11.8 Å². The molecular formula is C9H19NS. The molecule has 0 aromatic rings. The van der Waals surface area contributed by atoms with E-state index in [1.807, 2.05) is 11.8 Å². The van der Waals surface area contributed by atoms with Gasteiger partial charge in [0.2, 0.25) is 0 Å². The van der Waals surface area contributed by atoms with Crippen molar-refractivity contribution in [3.63, 3.8) is 0 Å². The van der Waals surface area contributed by atoms with E-state index in [-0.39, 0.29) is 0 Å². The van der Waals surface area contributed by atoms with Crippen molar-refractivity contribution in [1.82, 2.24) is 0 Å². The van der Waals surface area contributed by atoms with Crippen molar-refractivity contribution in [2.45, 2.75) is 44.4 Å². The lowest BCUT2D eigenvalue weighted by Crippen LogP contribution is -2.36. The zero-order valence-corrected chi connectivity index (χ0v) is 8.36. The topological polar surface area (TPSA) is 26.0 Å². The normalized spacial score (nSPS) is 21.8. The highest BCUT2D eigenvalue weighted by molar-refractivity contribution is 7.99. The molecule has 1 unspecified atom stereocenters. The van der Waals surface area contributed by atoms with Crippen molar-refractivity contribution in [3.8, 4) is 0 Å². The number of hydrogen-bond donors (Lipinski definition) is 1. The average Bonchev–Trinajstić information content (AvgIpc) is 1.79. The third-order valence-electron chi connectivity index (χ3n) is 2.38.